The number of carbonyl (C=O) groups excluding carboxylic acids is 1. The summed E-state index contributed by atoms with van der Waals surface area (Å²) in [5, 5.41) is 10.8. The van der Waals surface area contributed by atoms with Crippen molar-refractivity contribution >= 4 is 11.6 Å². The van der Waals surface area contributed by atoms with Gasteiger partial charge < -0.3 is 5.32 Å². The zero-order valence-electron chi connectivity index (χ0n) is 12.1. The van der Waals surface area contributed by atoms with Crippen molar-refractivity contribution in [3.63, 3.8) is 0 Å². The van der Waals surface area contributed by atoms with Crippen molar-refractivity contribution in [1.29, 1.82) is 0 Å². The molecular formula is C16H15FN4O. The highest BCUT2D eigenvalue weighted by atomic mass is 19.1. The molecule has 3 aromatic rings. The zero-order chi connectivity index (χ0) is 15.5. The van der Waals surface area contributed by atoms with Crippen LogP contribution in [0.2, 0.25) is 0 Å². The van der Waals surface area contributed by atoms with Crippen molar-refractivity contribution in [2.45, 2.75) is 13.3 Å². The fourth-order valence-corrected chi connectivity index (χ4v) is 2.27. The van der Waals surface area contributed by atoms with Crippen molar-refractivity contribution in [3.8, 4) is 0 Å². The summed E-state index contributed by atoms with van der Waals surface area (Å²) >= 11 is 0. The molecule has 22 heavy (non-hydrogen) atoms. The van der Waals surface area contributed by atoms with Crippen molar-refractivity contribution in [2.75, 3.05) is 6.54 Å². The quantitative estimate of drug-likeness (QED) is 0.803. The summed E-state index contributed by atoms with van der Waals surface area (Å²) in [5.74, 6) is 0.323. The number of amides is 1. The molecule has 0 aliphatic carbocycles. The molecule has 0 saturated carbocycles. The molecule has 0 aliphatic rings. The summed E-state index contributed by atoms with van der Waals surface area (Å²) in [4.78, 5) is 12.1. The molecule has 1 aromatic carbocycles. The SMILES string of the molecule is Cc1nnc2cc(C(=O)NCCc3cccc(F)c3)ccn12. The molecule has 0 unspecified atom stereocenters. The minimum Gasteiger partial charge on any atom is -0.352 e. The molecule has 112 valence electrons. The molecule has 1 amide bonds. The highest BCUT2D eigenvalue weighted by Crippen LogP contribution is 2.07. The first-order valence-corrected chi connectivity index (χ1v) is 6.97. The number of fused-ring (bicyclic) bond motifs is 1. The molecule has 0 spiro atoms. The minimum atomic E-state index is -0.267. The van der Waals surface area contributed by atoms with Gasteiger partial charge >= 0.3 is 0 Å². The number of halogens is 1. The molecule has 0 saturated heterocycles. The Morgan fingerprint density at radius 1 is 1.27 bits per heavy atom. The van der Waals surface area contributed by atoms with Gasteiger partial charge in [-0.15, -0.1) is 10.2 Å². The molecule has 0 bridgehead atoms. The van der Waals surface area contributed by atoms with Crippen LogP contribution >= 0.6 is 0 Å². The number of pyridine rings is 1. The Labute approximate surface area is 126 Å². The van der Waals surface area contributed by atoms with E-state index < -0.39 is 0 Å². The van der Waals surface area contributed by atoms with E-state index in [0.717, 1.165) is 11.4 Å². The van der Waals surface area contributed by atoms with Crippen molar-refractivity contribution in [2.24, 2.45) is 0 Å². The number of rotatable bonds is 4. The molecular weight excluding hydrogens is 283 g/mol. The van der Waals surface area contributed by atoms with Crippen LogP contribution in [0.4, 0.5) is 4.39 Å². The van der Waals surface area contributed by atoms with Crippen LogP contribution in [0.25, 0.3) is 5.65 Å². The van der Waals surface area contributed by atoms with Crippen LogP contribution in [-0.4, -0.2) is 27.0 Å². The van der Waals surface area contributed by atoms with Gasteiger partial charge in [-0.2, -0.15) is 0 Å². The van der Waals surface area contributed by atoms with Crippen molar-refractivity contribution in [1.82, 2.24) is 19.9 Å². The lowest BCUT2D eigenvalue weighted by molar-refractivity contribution is 0.0954. The predicted molar refractivity (Wildman–Crippen MR) is 80.2 cm³/mol. The number of hydrogen-bond acceptors (Lipinski definition) is 3. The van der Waals surface area contributed by atoms with Crippen LogP contribution in [0.1, 0.15) is 21.7 Å². The summed E-state index contributed by atoms with van der Waals surface area (Å²) in [6.07, 6.45) is 2.35. The molecule has 5 nitrogen and oxygen atoms in total. The van der Waals surface area contributed by atoms with Crippen LogP contribution < -0.4 is 5.32 Å². The fourth-order valence-electron chi connectivity index (χ4n) is 2.27. The number of hydrogen-bond donors (Lipinski definition) is 1. The topological polar surface area (TPSA) is 59.3 Å². The average molecular weight is 298 g/mol. The second-order valence-corrected chi connectivity index (χ2v) is 5.03. The van der Waals surface area contributed by atoms with Gasteiger partial charge in [0.2, 0.25) is 0 Å². The van der Waals surface area contributed by atoms with E-state index in [1.54, 1.807) is 24.4 Å². The third-order valence-electron chi connectivity index (χ3n) is 3.43. The van der Waals surface area contributed by atoms with Gasteiger partial charge in [-0.3, -0.25) is 9.20 Å². The molecule has 3 rings (SSSR count). The van der Waals surface area contributed by atoms with Gasteiger partial charge in [0.25, 0.3) is 5.91 Å². The average Bonchev–Trinajstić information content (AvgIpc) is 2.88. The Morgan fingerprint density at radius 3 is 2.95 bits per heavy atom. The van der Waals surface area contributed by atoms with E-state index in [-0.39, 0.29) is 11.7 Å². The highest BCUT2D eigenvalue weighted by Gasteiger charge is 2.08. The fraction of sp³-hybridized carbons (Fsp3) is 0.188. The maximum atomic E-state index is 13.1. The first-order valence-electron chi connectivity index (χ1n) is 6.97. The Bertz CT molecular complexity index is 828. The lowest BCUT2D eigenvalue weighted by atomic mass is 10.1. The first-order chi connectivity index (χ1) is 10.6. The Balaban J connectivity index is 1.63. The maximum absolute atomic E-state index is 13.1. The first kappa shape index (κ1) is 14.2. The summed E-state index contributed by atoms with van der Waals surface area (Å²) in [7, 11) is 0. The second kappa shape index (κ2) is 5.93. The van der Waals surface area contributed by atoms with Crippen molar-refractivity contribution in [3.05, 3.63) is 65.4 Å². The van der Waals surface area contributed by atoms with Gasteiger partial charge in [-0.05, 0) is 43.2 Å². The third kappa shape index (κ3) is 2.95. The number of nitrogens with zero attached hydrogens (tertiary/aromatic N) is 3. The molecule has 0 fully saturated rings. The minimum absolute atomic E-state index is 0.181. The molecule has 0 atom stereocenters. The summed E-state index contributed by atoms with van der Waals surface area (Å²) in [6, 6.07) is 9.78. The second-order valence-electron chi connectivity index (χ2n) is 5.03. The number of carbonyl (C=O) groups is 1. The van der Waals surface area contributed by atoms with Crippen LogP contribution in [-0.2, 0) is 6.42 Å². The van der Waals surface area contributed by atoms with E-state index in [0.29, 0.717) is 24.2 Å². The normalized spacial score (nSPS) is 10.8. The van der Waals surface area contributed by atoms with Gasteiger partial charge in [0, 0.05) is 18.3 Å². The van der Waals surface area contributed by atoms with Gasteiger partial charge in [-0.25, -0.2) is 4.39 Å². The number of aromatic nitrogens is 3. The van der Waals surface area contributed by atoms with Gasteiger partial charge in [0.1, 0.15) is 11.6 Å². The van der Waals surface area contributed by atoms with E-state index >= 15 is 0 Å². The smallest absolute Gasteiger partial charge is 0.251 e. The number of aryl methyl sites for hydroxylation is 1. The van der Waals surface area contributed by atoms with Gasteiger partial charge in [-0.1, -0.05) is 12.1 Å². The third-order valence-corrected chi connectivity index (χ3v) is 3.43. The zero-order valence-corrected chi connectivity index (χ0v) is 12.1. The lowest BCUT2D eigenvalue weighted by Crippen LogP contribution is -2.25. The Kier molecular flexibility index (Phi) is 3.82. The standard InChI is InChI=1S/C16H15FN4O/c1-11-19-20-15-10-13(6-8-21(11)15)16(22)18-7-5-12-3-2-4-14(17)9-12/h2-4,6,8-10H,5,7H2,1H3,(H,18,22). The Hall–Kier alpha value is -2.76. The van der Waals surface area contributed by atoms with E-state index in [2.05, 4.69) is 15.5 Å². The van der Waals surface area contributed by atoms with E-state index in [4.69, 9.17) is 0 Å². The van der Waals surface area contributed by atoms with E-state index in [1.807, 2.05) is 17.4 Å². The molecule has 0 aliphatic heterocycles. The van der Waals surface area contributed by atoms with Crippen LogP contribution in [0.15, 0.2) is 42.6 Å². The molecule has 6 heteroatoms. The van der Waals surface area contributed by atoms with Crippen molar-refractivity contribution < 1.29 is 9.18 Å². The summed E-state index contributed by atoms with van der Waals surface area (Å²) in [5.41, 5.74) is 2.01. The van der Waals surface area contributed by atoms with Crippen LogP contribution in [0, 0.1) is 12.7 Å². The van der Waals surface area contributed by atoms with Crippen LogP contribution in [0.3, 0.4) is 0 Å². The van der Waals surface area contributed by atoms with E-state index in [9.17, 15) is 9.18 Å². The lowest BCUT2D eigenvalue weighted by Gasteiger charge is -2.06. The summed E-state index contributed by atoms with van der Waals surface area (Å²) in [6.45, 7) is 2.29. The molecule has 0 radical (unpaired) electrons. The number of nitrogens with one attached hydrogen (secondary N) is 1. The van der Waals surface area contributed by atoms with E-state index in [1.165, 1.54) is 12.1 Å². The number of benzene rings is 1. The maximum Gasteiger partial charge on any atom is 0.251 e. The molecule has 1 N–H and O–H groups in total. The molecule has 2 aromatic heterocycles. The molecule has 2 heterocycles. The Morgan fingerprint density at radius 2 is 2.14 bits per heavy atom. The summed E-state index contributed by atoms with van der Waals surface area (Å²) < 4.78 is 14.9. The largest absolute Gasteiger partial charge is 0.352 e. The highest BCUT2D eigenvalue weighted by molar-refractivity contribution is 5.95. The van der Waals surface area contributed by atoms with Gasteiger partial charge in [0.15, 0.2) is 5.65 Å². The van der Waals surface area contributed by atoms with Crippen LogP contribution in [0.5, 0.6) is 0 Å². The monoisotopic (exact) mass is 298 g/mol. The van der Waals surface area contributed by atoms with Gasteiger partial charge in [0.05, 0.1) is 0 Å². The predicted octanol–water partition coefficient (Wildman–Crippen LogP) is 2.15.